The molecule has 0 aliphatic rings. The zero-order chi connectivity index (χ0) is 17.6. The highest BCUT2D eigenvalue weighted by molar-refractivity contribution is 5.93. The Balaban J connectivity index is 2.17. The van der Waals surface area contributed by atoms with E-state index in [9.17, 15) is 19.7 Å². The summed E-state index contributed by atoms with van der Waals surface area (Å²) in [5.74, 6) is 0. The third-order valence-electron chi connectivity index (χ3n) is 3.88. The van der Waals surface area contributed by atoms with E-state index in [-0.39, 0.29) is 33.4 Å². The number of non-ortho nitro benzene ring substituents is 1. The van der Waals surface area contributed by atoms with E-state index in [0.717, 1.165) is 6.07 Å². The fourth-order valence-corrected chi connectivity index (χ4v) is 2.68. The van der Waals surface area contributed by atoms with Crippen LogP contribution in [0, 0.1) is 10.1 Å². The molecule has 2 heterocycles. The Morgan fingerprint density at radius 1 is 1.04 bits per heavy atom. The number of nitrogens with zero attached hydrogens (tertiary/aromatic N) is 2. The summed E-state index contributed by atoms with van der Waals surface area (Å²) in [5, 5.41) is 14.8. The predicted octanol–water partition coefficient (Wildman–Crippen LogP) is 2.60. The first kappa shape index (κ1) is 14.8. The van der Waals surface area contributed by atoms with Gasteiger partial charge in [0.1, 0.15) is 11.1 Å². The van der Waals surface area contributed by atoms with Crippen molar-refractivity contribution >= 4 is 27.7 Å². The van der Waals surface area contributed by atoms with E-state index in [0.29, 0.717) is 5.56 Å². The highest BCUT2D eigenvalue weighted by atomic mass is 16.6. The minimum absolute atomic E-state index is 0.00931. The molecule has 0 bridgehead atoms. The highest BCUT2D eigenvalue weighted by Crippen LogP contribution is 2.25. The number of hydrogen-bond donors (Lipinski definition) is 1. The Hall–Kier alpha value is -3.81. The summed E-state index contributed by atoms with van der Waals surface area (Å²) in [6, 6.07) is 12.5. The molecule has 4 aromatic rings. The molecule has 25 heavy (non-hydrogen) atoms. The summed E-state index contributed by atoms with van der Waals surface area (Å²) in [6.45, 7) is 0. The second kappa shape index (κ2) is 5.38. The van der Waals surface area contributed by atoms with E-state index in [2.05, 4.69) is 10.1 Å². The molecule has 1 N–H and O–H groups in total. The van der Waals surface area contributed by atoms with Crippen LogP contribution in [0.1, 0.15) is 0 Å². The molecule has 122 valence electrons. The first-order valence-corrected chi connectivity index (χ1v) is 7.26. The second-order valence-corrected chi connectivity index (χ2v) is 5.37. The number of fused-ring (bicyclic) bond motifs is 2. The first-order chi connectivity index (χ1) is 12.1. The summed E-state index contributed by atoms with van der Waals surface area (Å²) in [7, 11) is 0. The average Bonchev–Trinajstić information content (AvgIpc) is 3.01. The lowest BCUT2D eigenvalue weighted by Gasteiger charge is -1.93. The molecule has 4 rings (SSSR count). The molecule has 0 amide bonds. The van der Waals surface area contributed by atoms with Crippen LogP contribution < -0.4 is 10.9 Å². The molecule has 2 aromatic heterocycles. The summed E-state index contributed by atoms with van der Waals surface area (Å²) in [6.07, 6.45) is 0. The van der Waals surface area contributed by atoms with Crippen LogP contribution in [0.25, 0.3) is 33.3 Å². The number of nitro benzene ring substituents is 1. The van der Waals surface area contributed by atoms with Gasteiger partial charge in [-0.05, 0) is 6.07 Å². The fraction of sp³-hybridized carbons (Fsp3) is 0. The van der Waals surface area contributed by atoms with Gasteiger partial charge in [0, 0.05) is 17.7 Å². The number of benzene rings is 2. The van der Waals surface area contributed by atoms with Crippen LogP contribution in [0.2, 0.25) is 0 Å². The van der Waals surface area contributed by atoms with E-state index in [1.165, 1.54) is 12.1 Å². The number of rotatable bonds is 2. The summed E-state index contributed by atoms with van der Waals surface area (Å²) >= 11 is 0. The monoisotopic (exact) mass is 335 g/mol. The van der Waals surface area contributed by atoms with Crippen molar-refractivity contribution in [3.05, 3.63) is 79.1 Å². The second-order valence-electron chi connectivity index (χ2n) is 5.37. The van der Waals surface area contributed by atoms with Crippen molar-refractivity contribution in [1.82, 2.24) is 10.1 Å². The maximum atomic E-state index is 12.7. The number of H-pyrrole nitrogens is 1. The molecule has 0 aliphatic carbocycles. The van der Waals surface area contributed by atoms with Gasteiger partial charge in [0.05, 0.1) is 15.8 Å². The van der Waals surface area contributed by atoms with Crippen molar-refractivity contribution in [1.29, 1.82) is 0 Å². The van der Waals surface area contributed by atoms with Crippen molar-refractivity contribution in [2.45, 2.75) is 0 Å². The predicted molar refractivity (Wildman–Crippen MR) is 90.5 cm³/mol. The van der Waals surface area contributed by atoms with Gasteiger partial charge in [0.2, 0.25) is 16.6 Å². The van der Waals surface area contributed by atoms with Gasteiger partial charge >= 0.3 is 0 Å². The Morgan fingerprint density at radius 2 is 1.80 bits per heavy atom. The normalized spacial score (nSPS) is 11.0. The van der Waals surface area contributed by atoms with Gasteiger partial charge in [-0.15, -0.1) is 0 Å². The zero-order valence-corrected chi connectivity index (χ0v) is 12.6. The molecule has 0 unspecified atom stereocenters. The number of nitrogens with one attached hydrogen (secondary N) is 1. The summed E-state index contributed by atoms with van der Waals surface area (Å²) in [4.78, 5) is 38.4. The van der Waals surface area contributed by atoms with Gasteiger partial charge in [0.25, 0.3) is 5.69 Å². The average molecular weight is 335 g/mol. The minimum atomic E-state index is -0.856. The lowest BCUT2D eigenvalue weighted by molar-refractivity contribution is -0.384. The Labute approximate surface area is 138 Å². The molecule has 2 aromatic carbocycles. The quantitative estimate of drug-likeness (QED) is 0.341. The molecule has 0 saturated carbocycles. The van der Waals surface area contributed by atoms with Crippen LogP contribution in [0.5, 0.6) is 0 Å². The minimum Gasteiger partial charge on any atom is -0.337 e. The summed E-state index contributed by atoms with van der Waals surface area (Å²) < 4.78 is 5.21. The number of hydrogen-bond acceptors (Lipinski definition) is 6. The molecule has 0 atom stereocenters. The van der Waals surface area contributed by atoms with E-state index >= 15 is 0 Å². The highest BCUT2D eigenvalue weighted by Gasteiger charge is 2.18. The van der Waals surface area contributed by atoms with Gasteiger partial charge in [-0.3, -0.25) is 19.7 Å². The number of aromatic nitrogens is 2. The maximum absolute atomic E-state index is 12.7. The third-order valence-corrected chi connectivity index (χ3v) is 3.88. The van der Waals surface area contributed by atoms with Gasteiger partial charge in [-0.25, -0.2) is 0 Å². The molecule has 0 radical (unpaired) electrons. The van der Waals surface area contributed by atoms with Crippen molar-refractivity contribution in [2.24, 2.45) is 0 Å². The SMILES string of the molecule is O=c1c(=O)c2c(-c3ccccc3)noc2[nH]c2ccc([N+](=O)[O-])cc12. The standard InChI is InChI=1S/C17H9N3O5/c21-15-11-8-10(20(23)24)6-7-12(11)18-17-13(16(15)22)14(19-25-17)9-4-2-1-3-5-9/h1-8,18H. The molecule has 8 nitrogen and oxygen atoms in total. The lowest BCUT2D eigenvalue weighted by Crippen LogP contribution is -2.21. The van der Waals surface area contributed by atoms with Gasteiger partial charge < -0.3 is 9.51 Å². The van der Waals surface area contributed by atoms with Crippen LogP contribution in [-0.4, -0.2) is 15.1 Å². The lowest BCUT2D eigenvalue weighted by atomic mass is 10.1. The molecule has 0 spiro atoms. The molecule has 0 aliphatic heterocycles. The van der Waals surface area contributed by atoms with Crippen molar-refractivity contribution < 1.29 is 9.45 Å². The maximum Gasteiger partial charge on any atom is 0.270 e. The molecule has 0 saturated heterocycles. The van der Waals surface area contributed by atoms with Crippen LogP contribution >= 0.6 is 0 Å². The smallest absolute Gasteiger partial charge is 0.270 e. The van der Waals surface area contributed by atoms with E-state index in [1.807, 2.05) is 6.07 Å². The van der Waals surface area contributed by atoms with Crippen molar-refractivity contribution in [2.75, 3.05) is 0 Å². The molecular weight excluding hydrogens is 326 g/mol. The van der Waals surface area contributed by atoms with E-state index < -0.39 is 15.8 Å². The van der Waals surface area contributed by atoms with Crippen LogP contribution in [0.15, 0.2) is 62.6 Å². The van der Waals surface area contributed by atoms with Gasteiger partial charge in [-0.1, -0.05) is 35.5 Å². The zero-order valence-electron chi connectivity index (χ0n) is 12.6. The summed E-state index contributed by atoms with van der Waals surface area (Å²) in [5.41, 5.74) is -0.826. The number of aromatic amines is 1. The number of nitro groups is 1. The fourth-order valence-electron chi connectivity index (χ4n) is 2.68. The Morgan fingerprint density at radius 3 is 2.52 bits per heavy atom. The Kier molecular flexibility index (Phi) is 3.17. The third kappa shape index (κ3) is 2.27. The van der Waals surface area contributed by atoms with Crippen LogP contribution in [-0.2, 0) is 0 Å². The van der Waals surface area contributed by atoms with E-state index in [4.69, 9.17) is 4.52 Å². The van der Waals surface area contributed by atoms with Gasteiger partial charge in [0.15, 0.2) is 0 Å². The molecule has 8 heteroatoms. The first-order valence-electron chi connectivity index (χ1n) is 7.26. The molecule has 0 fully saturated rings. The topological polar surface area (TPSA) is 119 Å². The largest absolute Gasteiger partial charge is 0.337 e. The molecular formula is C17H9N3O5. The van der Waals surface area contributed by atoms with E-state index in [1.54, 1.807) is 24.3 Å². The van der Waals surface area contributed by atoms with Crippen LogP contribution in [0.3, 0.4) is 0 Å². The van der Waals surface area contributed by atoms with Crippen molar-refractivity contribution in [3.8, 4) is 11.3 Å². The van der Waals surface area contributed by atoms with Crippen LogP contribution in [0.4, 0.5) is 5.69 Å². The van der Waals surface area contributed by atoms with Gasteiger partial charge in [-0.2, -0.15) is 0 Å². The van der Waals surface area contributed by atoms with Crippen molar-refractivity contribution in [3.63, 3.8) is 0 Å². The Bertz CT molecular complexity index is 1260.